The Morgan fingerprint density at radius 2 is 2.04 bits per heavy atom. The van der Waals surface area contributed by atoms with Crippen LogP contribution in [0.2, 0.25) is 0 Å². The Balaban J connectivity index is 2.07. The molecule has 1 atom stereocenters. The van der Waals surface area contributed by atoms with Crippen molar-refractivity contribution in [2.45, 2.75) is 45.3 Å². The summed E-state index contributed by atoms with van der Waals surface area (Å²) in [5, 5.41) is 20.6. The van der Waals surface area contributed by atoms with Crippen molar-refractivity contribution in [3.05, 3.63) is 46.3 Å². The summed E-state index contributed by atoms with van der Waals surface area (Å²) in [4.78, 5) is 11.4. The third-order valence-corrected chi connectivity index (χ3v) is 4.10. The summed E-state index contributed by atoms with van der Waals surface area (Å²) in [7, 11) is 1.54. The van der Waals surface area contributed by atoms with E-state index in [1.807, 2.05) is 6.92 Å². The van der Waals surface area contributed by atoms with Gasteiger partial charge in [0.2, 0.25) is 0 Å². The van der Waals surface area contributed by atoms with Crippen LogP contribution in [0.1, 0.15) is 33.6 Å². The molecule has 0 fully saturated rings. The van der Waals surface area contributed by atoms with Gasteiger partial charge in [-0.05, 0) is 57.4 Å². The first-order valence-corrected chi connectivity index (χ1v) is 8.51. The topological polar surface area (TPSA) is 89.1 Å². The van der Waals surface area contributed by atoms with Gasteiger partial charge in [-0.25, -0.2) is 4.79 Å². The van der Waals surface area contributed by atoms with Gasteiger partial charge in [0.05, 0.1) is 18.8 Å². The van der Waals surface area contributed by atoms with Crippen LogP contribution in [0.15, 0.2) is 45.1 Å². The minimum Gasteiger partial charge on any atom is -0.493 e. The second kappa shape index (κ2) is 8.38. The summed E-state index contributed by atoms with van der Waals surface area (Å²) in [6.07, 6.45) is 2.11. The van der Waals surface area contributed by atoms with Gasteiger partial charge in [-0.3, -0.25) is 0 Å². The molecule has 0 saturated heterocycles. The van der Waals surface area contributed by atoms with E-state index >= 15 is 0 Å². The minimum atomic E-state index is -0.805. The molecule has 0 radical (unpaired) electrons. The number of benzene rings is 1. The lowest BCUT2D eigenvalue weighted by molar-refractivity contribution is 0.0543. The molecule has 2 N–H and O–H groups in total. The molecule has 1 aromatic carbocycles. The monoisotopic (exact) mass is 362 g/mol. The Morgan fingerprint density at radius 3 is 2.69 bits per heavy atom. The Labute approximate surface area is 152 Å². The van der Waals surface area contributed by atoms with Crippen molar-refractivity contribution >= 4 is 11.0 Å². The quantitative estimate of drug-likeness (QED) is 0.554. The number of ether oxygens (including phenoxy) is 2. The number of hydrogen-bond donors (Lipinski definition) is 2. The molecule has 0 spiro atoms. The summed E-state index contributed by atoms with van der Waals surface area (Å²) in [5.41, 5.74) is -0.0563. The van der Waals surface area contributed by atoms with E-state index in [1.165, 1.54) is 13.2 Å². The molecule has 0 aliphatic carbocycles. The van der Waals surface area contributed by atoms with Crippen LogP contribution in [0.5, 0.6) is 11.5 Å². The van der Waals surface area contributed by atoms with Crippen LogP contribution in [0.25, 0.3) is 11.0 Å². The number of aliphatic hydroxyl groups is 2. The van der Waals surface area contributed by atoms with E-state index in [-0.39, 0.29) is 6.61 Å². The lowest BCUT2D eigenvalue weighted by Crippen LogP contribution is -2.22. The lowest BCUT2D eigenvalue weighted by atomic mass is 9.97. The Hall–Kier alpha value is -2.31. The molecule has 0 amide bonds. The molecule has 0 aliphatic heterocycles. The zero-order chi connectivity index (χ0) is 19.3. The Kier molecular flexibility index (Phi) is 6.45. The van der Waals surface area contributed by atoms with Crippen LogP contribution in [0.4, 0.5) is 0 Å². The van der Waals surface area contributed by atoms with Crippen molar-refractivity contribution in [3.8, 4) is 11.5 Å². The third kappa shape index (κ3) is 5.61. The molecule has 6 heteroatoms. The van der Waals surface area contributed by atoms with Crippen molar-refractivity contribution in [3.63, 3.8) is 0 Å². The minimum absolute atomic E-state index is 0.227. The molecule has 26 heavy (non-hydrogen) atoms. The summed E-state index contributed by atoms with van der Waals surface area (Å²) >= 11 is 0. The van der Waals surface area contributed by atoms with Crippen LogP contribution in [0, 0.1) is 0 Å². The number of aliphatic hydroxyl groups excluding tert-OH is 1. The largest absolute Gasteiger partial charge is 0.493 e. The van der Waals surface area contributed by atoms with Gasteiger partial charge in [0.25, 0.3) is 0 Å². The molecule has 2 rings (SSSR count). The average Bonchev–Trinajstić information content (AvgIpc) is 2.58. The molecular weight excluding hydrogens is 336 g/mol. The van der Waals surface area contributed by atoms with Crippen molar-refractivity contribution in [2.24, 2.45) is 0 Å². The maximum Gasteiger partial charge on any atom is 0.336 e. The number of methoxy groups -OCH3 is 1. The molecule has 2 aromatic rings. The van der Waals surface area contributed by atoms with Crippen molar-refractivity contribution in [1.82, 2.24) is 0 Å². The second-order valence-corrected chi connectivity index (χ2v) is 6.92. The van der Waals surface area contributed by atoms with Crippen LogP contribution >= 0.6 is 0 Å². The number of hydrogen-bond acceptors (Lipinski definition) is 6. The molecular formula is C20H26O6. The first kappa shape index (κ1) is 20.0. The Bertz CT molecular complexity index is 828. The standard InChI is InChI=1S/C20H26O6/c1-13(15(21)7-9-20(2,3)23)8-10-25-18-12-16-14(11-17(18)24-4)5-6-19(22)26-16/h5-6,8,11-12,15,21,23H,7,9-10H2,1-4H3/t15-/m1/s1. The van der Waals surface area contributed by atoms with Crippen LogP contribution in [-0.4, -0.2) is 35.6 Å². The van der Waals surface area contributed by atoms with Gasteiger partial charge >= 0.3 is 5.63 Å². The fourth-order valence-corrected chi connectivity index (χ4v) is 2.46. The van der Waals surface area contributed by atoms with E-state index in [0.29, 0.717) is 29.9 Å². The molecule has 0 aliphatic rings. The number of rotatable bonds is 8. The summed E-state index contributed by atoms with van der Waals surface area (Å²) in [6.45, 7) is 5.47. The lowest BCUT2D eigenvalue weighted by Gasteiger charge is -2.19. The van der Waals surface area contributed by atoms with E-state index < -0.39 is 17.3 Å². The highest BCUT2D eigenvalue weighted by Gasteiger charge is 2.16. The normalized spacial score (nSPS) is 13.7. The fraction of sp³-hybridized carbons (Fsp3) is 0.450. The molecule has 0 saturated carbocycles. The van der Waals surface area contributed by atoms with E-state index in [4.69, 9.17) is 13.9 Å². The van der Waals surface area contributed by atoms with Gasteiger partial charge < -0.3 is 24.1 Å². The van der Waals surface area contributed by atoms with E-state index in [1.54, 1.807) is 38.1 Å². The predicted molar refractivity (Wildman–Crippen MR) is 99.8 cm³/mol. The Morgan fingerprint density at radius 1 is 1.31 bits per heavy atom. The summed E-state index contributed by atoms with van der Waals surface area (Å²) in [5.74, 6) is 0.976. The highest BCUT2D eigenvalue weighted by Crippen LogP contribution is 2.32. The molecule has 0 unspecified atom stereocenters. The first-order valence-electron chi connectivity index (χ1n) is 8.51. The summed E-state index contributed by atoms with van der Waals surface area (Å²) < 4.78 is 16.2. The smallest absolute Gasteiger partial charge is 0.336 e. The molecule has 1 aromatic heterocycles. The summed E-state index contributed by atoms with van der Waals surface area (Å²) in [6, 6.07) is 6.37. The van der Waals surface area contributed by atoms with Gasteiger partial charge in [0, 0.05) is 17.5 Å². The highest BCUT2D eigenvalue weighted by atomic mass is 16.5. The van der Waals surface area contributed by atoms with Crippen LogP contribution < -0.4 is 15.1 Å². The molecule has 1 heterocycles. The van der Waals surface area contributed by atoms with Gasteiger partial charge in [-0.15, -0.1) is 0 Å². The van der Waals surface area contributed by atoms with Crippen LogP contribution in [0.3, 0.4) is 0 Å². The maximum atomic E-state index is 11.4. The van der Waals surface area contributed by atoms with Crippen molar-refractivity contribution in [1.29, 1.82) is 0 Å². The second-order valence-electron chi connectivity index (χ2n) is 6.92. The first-order chi connectivity index (χ1) is 12.2. The zero-order valence-electron chi connectivity index (χ0n) is 15.6. The van der Waals surface area contributed by atoms with Crippen molar-refractivity contribution in [2.75, 3.05) is 13.7 Å². The highest BCUT2D eigenvalue weighted by molar-refractivity contribution is 5.80. The van der Waals surface area contributed by atoms with E-state index in [0.717, 1.165) is 11.0 Å². The molecule has 0 bridgehead atoms. The van der Waals surface area contributed by atoms with Gasteiger partial charge in [-0.2, -0.15) is 0 Å². The van der Waals surface area contributed by atoms with E-state index in [9.17, 15) is 15.0 Å². The number of fused-ring (bicyclic) bond motifs is 1. The average molecular weight is 362 g/mol. The van der Waals surface area contributed by atoms with Gasteiger partial charge in [0.1, 0.15) is 12.2 Å². The van der Waals surface area contributed by atoms with E-state index in [2.05, 4.69) is 0 Å². The zero-order valence-corrected chi connectivity index (χ0v) is 15.6. The SMILES string of the molecule is COc1cc2ccc(=O)oc2cc1OCC=C(C)[C@H](O)CCC(C)(C)O. The van der Waals surface area contributed by atoms with Crippen LogP contribution in [-0.2, 0) is 0 Å². The van der Waals surface area contributed by atoms with Gasteiger partial charge in [-0.1, -0.05) is 0 Å². The fourth-order valence-electron chi connectivity index (χ4n) is 2.46. The molecule has 142 valence electrons. The molecule has 6 nitrogen and oxygen atoms in total. The van der Waals surface area contributed by atoms with Crippen molar-refractivity contribution < 1.29 is 24.1 Å². The van der Waals surface area contributed by atoms with Gasteiger partial charge in [0.15, 0.2) is 11.5 Å². The third-order valence-electron chi connectivity index (χ3n) is 4.10. The predicted octanol–water partition coefficient (Wildman–Crippen LogP) is 3.04. The maximum absolute atomic E-state index is 11.4.